The van der Waals surface area contributed by atoms with Crippen LogP contribution in [0.5, 0.6) is 5.75 Å². The third kappa shape index (κ3) is 3.72. The van der Waals surface area contributed by atoms with E-state index in [1.807, 2.05) is 0 Å². The molecule has 7 heteroatoms. The molecule has 23 heavy (non-hydrogen) atoms. The van der Waals surface area contributed by atoms with Crippen LogP contribution in [0.15, 0.2) is 18.2 Å². The second-order valence-corrected chi connectivity index (χ2v) is 5.63. The number of halogens is 1. The molecule has 0 bridgehead atoms. The zero-order valence-corrected chi connectivity index (χ0v) is 13.3. The molecule has 3 N–H and O–H groups in total. The van der Waals surface area contributed by atoms with Crippen LogP contribution in [-0.2, 0) is 4.79 Å². The normalized spacial score (nSPS) is 19.1. The lowest BCUT2D eigenvalue weighted by molar-refractivity contribution is -0.127. The van der Waals surface area contributed by atoms with Crippen molar-refractivity contribution in [1.29, 1.82) is 0 Å². The molecule has 2 rings (SSSR count). The molecule has 1 heterocycles. The van der Waals surface area contributed by atoms with Gasteiger partial charge in [0.05, 0.1) is 18.7 Å². The standard InChI is InChI=1S/C16H22FN3O3/c1-10(14-11(17)6-5-8-13(14)23-2)19-15(21)12-7-3-4-9-20(12)16(18)22/h5-6,8,10,12H,3-4,7,9H2,1-2H3,(H2,18,22)(H,19,21). The van der Waals surface area contributed by atoms with Gasteiger partial charge in [-0.05, 0) is 38.3 Å². The number of piperidine rings is 1. The Labute approximate surface area is 134 Å². The van der Waals surface area contributed by atoms with Crippen LogP contribution in [0.2, 0.25) is 0 Å². The molecule has 2 unspecified atom stereocenters. The number of amides is 3. The summed E-state index contributed by atoms with van der Waals surface area (Å²) >= 11 is 0. The van der Waals surface area contributed by atoms with Gasteiger partial charge in [0.15, 0.2) is 0 Å². The summed E-state index contributed by atoms with van der Waals surface area (Å²) in [6, 6.07) is 2.69. The number of nitrogens with two attached hydrogens (primary N) is 1. The Kier molecular flexibility index (Phi) is 5.41. The van der Waals surface area contributed by atoms with Crippen LogP contribution in [0.4, 0.5) is 9.18 Å². The summed E-state index contributed by atoms with van der Waals surface area (Å²) in [5.74, 6) is -0.415. The predicted molar refractivity (Wildman–Crippen MR) is 83.4 cm³/mol. The van der Waals surface area contributed by atoms with Gasteiger partial charge in [-0.3, -0.25) is 4.79 Å². The number of benzene rings is 1. The van der Waals surface area contributed by atoms with Gasteiger partial charge in [0.2, 0.25) is 5.91 Å². The number of hydrogen-bond acceptors (Lipinski definition) is 3. The van der Waals surface area contributed by atoms with Gasteiger partial charge in [0, 0.05) is 6.54 Å². The van der Waals surface area contributed by atoms with Gasteiger partial charge >= 0.3 is 6.03 Å². The van der Waals surface area contributed by atoms with E-state index >= 15 is 0 Å². The van der Waals surface area contributed by atoms with Gasteiger partial charge in [0.25, 0.3) is 0 Å². The highest BCUT2D eigenvalue weighted by Gasteiger charge is 2.32. The summed E-state index contributed by atoms with van der Waals surface area (Å²) in [6.45, 7) is 2.14. The first-order chi connectivity index (χ1) is 11.0. The van der Waals surface area contributed by atoms with Crippen molar-refractivity contribution in [2.75, 3.05) is 13.7 Å². The lowest BCUT2D eigenvalue weighted by atomic mass is 10.0. The van der Waals surface area contributed by atoms with Gasteiger partial charge in [-0.1, -0.05) is 6.07 Å². The van der Waals surface area contributed by atoms with Crippen LogP contribution in [0.25, 0.3) is 0 Å². The molecule has 3 amide bonds. The van der Waals surface area contributed by atoms with Crippen molar-refractivity contribution in [1.82, 2.24) is 10.2 Å². The average Bonchev–Trinajstić information content (AvgIpc) is 2.54. The summed E-state index contributed by atoms with van der Waals surface area (Å²) in [5, 5.41) is 2.76. The summed E-state index contributed by atoms with van der Waals surface area (Å²) < 4.78 is 19.2. The highest BCUT2D eigenvalue weighted by molar-refractivity contribution is 5.87. The Morgan fingerprint density at radius 2 is 2.17 bits per heavy atom. The molecule has 1 aromatic carbocycles. The number of carbonyl (C=O) groups excluding carboxylic acids is 2. The molecule has 6 nitrogen and oxygen atoms in total. The Morgan fingerprint density at radius 1 is 1.43 bits per heavy atom. The molecule has 0 aliphatic carbocycles. The quantitative estimate of drug-likeness (QED) is 0.888. The molecule has 0 aromatic heterocycles. The zero-order chi connectivity index (χ0) is 17.0. The Bertz CT molecular complexity index is 594. The molecular formula is C16H22FN3O3. The highest BCUT2D eigenvalue weighted by atomic mass is 19.1. The van der Waals surface area contributed by atoms with Crippen molar-refractivity contribution in [3.05, 3.63) is 29.6 Å². The molecule has 1 aliphatic rings. The number of nitrogens with one attached hydrogen (secondary N) is 1. The molecule has 1 saturated heterocycles. The van der Waals surface area contributed by atoms with E-state index in [4.69, 9.17) is 10.5 Å². The van der Waals surface area contributed by atoms with Crippen molar-refractivity contribution in [3.63, 3.8) is 0 Å². The first-order valence-electron chi connectivity index (χ1n) is 7.64. The molecule has 0 spiro atoms. The number of primary amides is 1. The van der Waals surface area contributed by atoms with Gasteiger partial charge in [0.1, 0.15) is 17.6 Å². The molecular weight excluding hydrogens is 301 g/mol. The maximum Gasteiger partial charge on any atom is 0.315 e. The lowest BCUT2D eigenvalue weighted by Crippen LogP contribution is -2.53. The smallest absolute Gasteiger partial charge is 0.315 e. The van der Waals surface area contributed by atoms with E-state index in [0.717, 1.165) is 12.8 Å². The number of urea groups is 1. The third-order valence-electron chi connectivity index (χ3n) is 4.11. The lowest BCUT2D eigenvalue weighted by Gasteiger charge is -2.34. The number of methoxy groups -OCH3 is 1. The number of rotatable bonds is 4. The van der Waals surface area contributed by atoms with E-state index < -0.39 is 23.9 Å². The minimum Gasteiger partial charge on any atom is -0.496 e. The van der Waals surface area contributed by atoms with Gasteiger partial charge in [-0.15, -0.1) is 0 Å². The van der Waals surface area contributed by atoms with Crippen molar-refractivity contribution < 1.29 is 18.7 Å². The first kappa shape index (κ1) is 17.1. The van der Waals surface area contributed by atoms with Gasteiger partial charge in [-0.2, -0.15) is 0 Å². The minimum atomic E-state index is -0.610. The Balaban J connectivity index is 2.15. The largest absolute Gasteiger partial charge is 0.496 e. The second kappa shape index (κ2) is 7.30. The number of nitrogens with zero attached hydrogens (tertiary/aromatic N) is 1. The first-order valence-corrected chi connectivity index (χ1v) is 7.64. The van der Waals surface area contributed by atoms with Gasteiger partial charge in [-0.25, -0.2) is 9.18 Å². The zero-order valence-electron chi connectivity index (χ0n) is 13.3. The second-order valence-electron chi connectivity index (χ2n) is 5.63. The fourth-order valence-electron chi connectivity index (χ4n) is 2.97. The van der Waals surface area contributed by atoms with E-state index in [1.165, 1.54) is 18.1 Å². The maximum absolute atomic E-state index is 14.1. The SMILES string of the molecule is COc1cccc(F)c1C(C)NC(=O)C1CCCCN1C(N)=O. The van der Waals surface area contributed by atoms with Crippen LogP contribution in [-0.4, -0.2) is 36.5 Å². The fourth-order valence-corrected chi connectivity index (χ4v) is 2.97. The number of carbonyl (C=O) groups is 2. The van der Waals surface area contributed by atoms with Crippen molar-refractivity contribution in [2.45, 2.75) is 38.3 Å². The minimum absolute atomic E-state index is 0.282. The van der Waals surface area contributed by atoms with Crippen LogP contribution in [0.3, 0.4) is 0 Å². The molecule has 2 atom stereocenters. The summed E-state index contributed by atoms with van der Waals surface area (Å²) in [7, 11) is 1.45. The van der Waals surface area contributed by atoms with E-state index in [1.54, 1.807) is 19.1 Å². The molecule has 0 radical (unpaired) electrons. The molecule has 1 aliphatic heterocycles. The average molecular weight is 323 g/mol. The molecule has 1 fully saturated rings. The van der Waals surface area contributed by atoms with Crippen LogP contribution in [0, 0.1) is 5.82 Å². The van der Waals surface area contributed by atoms with Crippen molar-refractivity contribution in [3.8, 4) is 5.75 Å². The van der Waals surface area contributed by atoms with Gasteiger partial charge < -0.3 is 20.7 Å². The van der Waals surface area contributed by atoms with E-state index in [0.29, 0.717) is 18.7 Å². The number of ether oxygens (including phenoxy) is 1. The van der Waals surface area contributed by atoms with E-state index in [2.05, 4.69) is 5.32 Å². The van der Waals surface area contributed by atoms with Crippen molar-refractivity contribution in [2.24, 2.45) is 5.73 Å². The van der Waals surface area contributed by atoms with Crippen LogP contribution >= 0.6 is 0 Å². The molecule has 0 saturated carbocycles. The maximum atomic E-state index is 14.1. The Morgan fingerprint density at radius 3 is 2.83 bits per heavy atom. The molecule has 126 valence electrons. The topological polar surface area (TPSA) is 84.7 Å². The summed E-state index contributed by atoms with van der Waals surface area (Å²) in [4.78, 5) is 25.3. The summed E-state index contributed by atoms with van der Waals surface area (Å²) in [5.41, 5.74) is 5.62. The fraction of sp³-hybridized carbons (Fsp3) is 0.500. The Hall–Kier alpha value is -2.31. The van der Waals surface area contributed by atoms with E-state index in [9.17, 15) is 14.0 Å². The monoisotopic (exact) mass is 323 g/mol. The van der Waals surface area contributed by atoms with Crippen LogP contribution < -0.4 is 15.8 Å². The number of likely N-dealkylation sites (tertiary alicyclic amines) is 1. The highest BCUT2D eigenvalue weighted by Crippen LogP contribution is 2.28. The summed E-state index contributed by atoms with van der Waals surface area (Å²) in [6.07, 6.45) is 2.22. The molecule has 1 aromatic rings. The van der Waals surface area contributed by atoms with Crippen molar-refractivity contribution >= 4 is 11.9 Å². The third-order valence-corrected chi connectivity index (χ3v) is 4.11. The predicted octanol–water partition coefficient (Wildman–Crippen LogP) is 1.94. The number of hydrogen-bond donors (Lipinski definition) is 2. The van der Waals surface area contributed by atoms with Crippen LogP contribution in [0.1, 0.15) is 37.8 Å². The van der Waals surface area contributed by atoms with E-state index in [-0.39, 0.29) is 11.5 Å².